The van der Waals surface area contributed by atoms with Crippen LogP contribution < -0.4 is 15.4 Å². The molecule has 0 spiro atoms. The Morgan fingerprint density at radius 1 is 1.06 bits per heavy atom. The van der Waals surface area contributed by atoms with Gasteiger partial charge in [0.25, 0.3) is 0 Å². The van der Waals surface area contributed by atoms with E-state index in [0.29, 0.717) is 39.1 Å². The highest BCUT2D eigenvalue weighted by Crippen LogP contribution is 2.30. The molecule has 0 atom stereocenters. The van der Waals surface area contributed by atoms with Gasteiger partial charge in [0.2, 0.25) is 5.91 Å². The minimum absolute atomic E-state index is 0.151. The van der Waals surface area contributed by atoms with Gasteiger partial charge in [-0.25, -0.2) is 14.4 Å². The second-order valence-corrected chi connectivity index (χ2v) is 7.89. The van der Waals surface area contributed by atoms with Gasteiger partial charge in [0, 0.05) is 30.1 Å². The van der Waals surface area contributed by atoms with Crippen LogP contribution in [0.25, 0.3) is 0 Å². The van der Waals surface area contributed by atoms with E-state index in [1.54, 1.807) is 48.7 Å². The molecule has 3 aromatic carbocycles. The van der Waals surface area contributed by atoms with Crippen LogP contribution in [0.5, 0.6) is 5.75 Å². The zero-order valence-electron chi connectivity index (χ0n) is 18.7. The number of nitrogens with zero attached hydrogens (tertiary/aromatic N) is 2. The molecule has 0 fully saturated rings. The monoisotopic (exact) mass is 486 g/mol. The van der Waals surface area contributed by atoms with E-state index in [2.05, 4.69) is 32.4 Å². The molecule has 1 amide bonds. The number of rotatable bonds is 6. The summed E-state index contributed by atoms with van der Waals surface area (Å²) in [6.07, 6.45) is 3.03. The summed E-state index contributed by atoms with van der Waals surface area (Å²) in [4.78, 5) is 19.6. The molecule has 0 saturated heterocycles. The van der Waals surface area contributed by atoms with E-state index in [4.69, 9.17) is 16.3 Å². The van der Waals surface area contributed by atoms with E-state index in [-0.39, 0.29) is 18.3 Å². The highest BCUT2D eigenvalue weighted by atomic mass is 35.5. The van der Waals surface area contributed by atoms with Crippen LogP contribution in [-0.4, -0.2) is 15.9 Å². The summed E-state index contributed by atoms with van der Waals surface area (Å²) in [5.41, 5.74) is 3.37. The van der Waals surface area contributed by atoms with Gasteiger partial charge in [-0.2, -0.15) is 0 Å². The summed E-state index contributed by atoms with van der Waals surface area (Å²) < 4.78 is 19.1. The molecule has 4 aromatic rings. The Morgan fingerprint density at radius 3 is 2.71 bits per heavy atom. The Bertz CT molecular complexity index is 1430. The molecule has 0 saturated carbocycles. The maximum absolute atomic E-state index is 13.4. The van der Waals surface area contributed by atoms with Crippen molar-refractivity contribution in [1.82, 2.24) is 9.97 Å². The number of anilines is 3. The predicted octanol–water partition coefficient (Wildman–Crippen LogP) is 5.95. The first-order chi connectivity index (χ1) is 17.0. The molecule has 1 heterocycles. The summed E-state index contributed by atoms with van der Waals surface area (Å²) in [7, 11) is 0. The number of carbonyl (C=O) groups excluding carboxylic acids is 1. The average molecular weight is 487 g/mol. The maximum Gasteiger partial charge on any atom is 0.221 e. The molecule has 0 aliphatic heterocycles. The van der Waals surface area contributed by atoms with Gasteiger partial charge < -0.3 is 15.4 Å². The SMILES string of the molecule is CC(=O)Nc1cccc(C#Cc2cncnc2Nc2ccc(OCc3cccc(F)c3)c(Cl)c2)c1. The van der Waals surface area contributed by atoms with Gasteiger partial charge in [-0.1, -0.05) is 41.6 Å². The molecule has 35 heavy (non-hydrogen) atoms. The summed E-state index contributed by atoms with van der Waals surface area (Å²) >= 11 is 6.40. The van der Waals surface area contributed by atoms with E-state index >= 15 is 0 Å². The largest absolute Gasteiger partial charge is 0.487 e. The van der Waals surface area contributed by atoms with Gasteiger partial charge in [0.15, 0.2) is 0 Å². The molecule has 0 aliphatic carbocycles. The van der Waals surface area contributed by atoms with Crippen molar-refractivity contribution in [3.8, 4) is 17.6 Å². The number of carbonyl (C=O) groups is 1. The van der Waals surface area contributed by atoms with Crippen LogP contribution in [0.2, 0.25) is 5.02 Å². The van der Waals surface area contributed by atoms with Crippen molar-refractivity contribution in [3.05, 3.63) is 107 Å². The van der Waals surface area contributed by atoms with Gasteiger partial charge in [-0.3, -0.25) is 4.79 Å². The van der Waals surface area contributed by atoms with Crippen LogP contribution in [0.1, 0.15) is 23.6 Å². The minimum atomic E-state index is -0.319. The minimum Gasteiger partial charge on any atom is -0.487 e. The van der Waals surface area contributed by atoms with E-state index in [0.717, 1.165) is 5.56 Å². The second kappa shape index (κ2) is 11.1. The van der Waals surface area contributed by atoms with Crippen LogP contribution >= 0.6 is 11.6 Å². The van der Waals surface area contributed by atoms with Crippen molar-refractivity contribution in [2.24, 2.45) is 0 Å². The summed E-state index contributed by atoms with van der Waals surface area (Å²) in [6, 6.07) is 18.7. The van der Waals surface area contributed by atoms with Gasteiger partial charge in [-0.15, -0.1) is 0 Å². The highest BCUT2D eigenvalue weighted by molar-refractivity contribution is 6.32. The molecular weight excluding hydrogens is 467 g/mol. The number of ether oxygens (including phenoxy) is 1. The number of nitrogens with one attached hydrogen (secondary N) is 2. The Labute approximate surface area is 207 Å². The van der Waals surface area contributed by atoms with Crippen molar-refractivity contribution in [2.75, 3.05) is 10.6 Å². The van der Waals surface area contributed by atoms with Gasteiger partial charge in [-0.05, 0) is 54.1 Å². The molecule has 8 heteroatoms. The van der Waals surface area contributed by atoms with Gasteiger partial charge >= 0.3 is 0 Å². The Hall–Kier alpha value is -4.41. The zero-order valence-corrected chi connectivity index (χ0v) is 19.4. The van der Waals surface area contributed by atoms with Crippen molar-refractivity contribution in [2.45, 2.75) is 13.5 Å². The number of amides is 1. The number of hydrogen-bond donors (Lipinski definition) is 2. The lowest BCUT2D eigenvalue weighted by Gasteiger charge is -2.11. The molecule has 0 bridgehead atoms. The Kier molecular flexibility index (Phi) is 7.56. The predicted molar refractivity (Wildman–Crippen MR) is 134 cm³/mol. The number of benzene rings is 3. The van der Waals surface area contributed by atoms with Crippen LogP contribution in [0.3, 0.4) is 0 Å². The average Bonchev–Trinajstić information content (AvgIpc) is 2.83. The number of aromatic nitrogens is 2. The Morgan fingerprint density at radius 2 is 1.91 bits per heavy atom. The van der Waals surface area contributed by atoms with Crippen molar-refractivity contribution in [1.29, 1.82) is 0 Å². The fourth-order valence-electron chi connectivity index (χ4n) is 3.16. The smallest absolute Gasteiger partial charge is 0.221 e. The third-order valence-electron chi connectivity index (χ3n) is 4.71. The maximum atomic E-state index is 13.4. The molecule has 2 N–H and O–H groups in total. The summed E-state index contributed by atoms with van der Waals surface area (Å²) in [6.45, 7) is 1.64. The molecule has 4 rings (SSSR count). The van der Waals surface area contributed by atoms with Crippen LogP contribution in [0.15, 0.2) is 79.3 Å². The topological polar surface area (TPSA) is 76.1 Å². The first-order valence-electron chi connectivity index (χ1n) is 10.6. The lowest BCUT2D eigenvalue weighted by Crippen LogP contribution is -2.05. The second-order valence-electron chi connectivity index (χ2n) is 7.49. The molecule has 0 radical (unpaired) electrons. The Balaban J connectivity index is 1.48. The van der Waals surface area contributed by atoms with E-state index in [1.807, 2.05) is 12.1 Å². The fraction of sp³-hybridized carbons (Fsp3) is 0.0741. The first kappa shape index (κ1) is 23.7. The van der Waals surface area contributed by atoms with E-state index < -0.39 is 0 Å². The summed E-state index contributed by atoms with van der Waals surface area (Å²) in [5.74, 6) is 6.64. The van der Waals surface area contributed by atoms with Gasteiger partial charge in [0.1, 0.15) is 30.3 Å². The third kappa shape index (κ3) is 6.79. The van der Waals surface area contributed by atoms with Crippen LogP contribution in [-0.2, 0) is 11.4 Å². The zero-order chi connectivity index (χ0) is 24.6. The number of hydrogen-bond acceptors (Lipinski definition) is 5. The van der Waals surface area contributed by atoms with Crippen molar-refractivity contribution < 1.29 is 13.9 Å². The first-order valence-corrected chi connectivity index (χ1v) is 11.0. The number of halogens is 2. The molecule has 6 nitrogen and oxygen atoms in total. The third-order valence-corrected chi connectivity index (χ3v) is 5.01. The lowest BCUT2D eigenvalue weighted by atomic mass is 10.2. The highest BCUT2D eigenvalue weighted by Gasteiger charge is 2.07. The lowest BCUT2D eigenvalue weighted by molar-refractivity contribution is -0.114. The molecule has 0 aliphatic rings. The quantitative estimate of drug-likeness (QED) is 0.329. The van der Waals surface area contributed by atoms with Gasteiger partial charge in [0.05, 0.1) is 10.6 Å². The van der Waals surface area contributed by atoms with E-state index in [1.165, 1.54) is 25.4 Å². The summed E-state index contributed by atoms with van der Waals surface area (Å²) in [5, 5.41) is 6.32. The molecule has 0 unspecified atom stereocenters. The molecular formula is C27H20ClFN4O2. The standard InChI is InChI=1S/C27H20ClFN4O2/c1-18(34)32-23-7-3-4-19(13-23)8-9-21-15-30-17-31-27(21)33-24-10-11-26(25(28)14-24)35-16-20-5-2-6-22(29)12-20/h2-7,10-15,17H,16H2,1H3,(H,32,34)(H,30,31,33). The molecule has 174 valence electrons. The van der Waals surface area contributed by atoms with E-state index in [9.17, 15) is 9.18 Å². The van der Waals surface area contributed by atoms with Crippen molar-refractivity contribution >= 4 is 34.7 Å². The van der Waals surface area contributed by atoms with Crippen LogP contribution in [0, 0.1) is 17.7 Å². The van der Waals surface area contributed by atoms with Crippen molar-refractivity contribution in [3.63, 3.8) is 0 Å². The van der Waals surface area contributed by atoms with Crippen LogP contribution in [0.4, 0.5) is 21.6 Å². The fourth-order valence-corrected chi connectivity index (χ4v) is 3.39. The normalized spacial score (nSPS) is 10.1. The molecule has 1 aromatic heterocycles.